The van der Waals surface area contributed by atoms with Crippen molar-refractivity contribution in [2.45, 2.75) is 19.4 Å². The third-order valence-corrected chi connectivity index (χ3v) is 1.86. The molecule has 1 amide bonds. The van der Waals surface area contributed by atoms with Crippen molar-refractivity contribution in [2.24, 2.45) is 0 Å². The molecule has 0 aliphatic heterocycles. The van der Waals surface area contributed by atoms with Crippen molar-refractivity contribution in [2.75, 3.05) is 0 Å². The Morgan fingerprint density at radius 2 is 2.07 bits per heavy atom. The van der Waals surface area contributed by atoms with Gasteiger partial charge in [-0.1, -0.05) is 5.92 Å². The van der Waals surface area contributed by atoms with Gasteiger partial charge in [-0.3, -0.25) is 4.79 Å². The summed E-state index contributed by atoms with van der Waals surface area (Å²) in [5.41, 5.74) is -0.376. The fraction of sp³-hybridized carbons (Fsp3) is 0.300. The molecule has 1 aromatic heterocycles. The average Bonchev–Trinajstić information content (AvgIpc) is 2.18. The number of aromatic nitrogens is 2. The number of hydrogen-bond donors (Lipinski definition) is 1. The number of amides is 1. The van der Waals surface area contributed by atoms with Gasteiger partial charge in [0.1, 0.15) is 0 Å². The highest BCUT2D eigenvalue weighted by Gasteiger charge is 2.18. The predicted molar refractivity (Wildman–Crippen MR) is 57.4 cm³/mol. The summed E-state index contributed by atoms with van der Waals surface area (Å²) in [5.74, 6) is 2.13. The number of terminal acetylenes is 1. The highest BCUT2D eigenvalue weighted by atomic mass is 35.5. The van der Waals surface area contributed by atoms with Gasteiger partial charge in [-0.15, -0.1) is 6.42 Å². The van der Waals surface area contributed by atoms with E-state index in [0.29, 0.717) is 5.56 Å². The van der Waals surface area contributed by atoms with Crippen molar-refractivity contribution in [1.29, 1.82) is 0 Å². The van der Waals surface area contributed by atoms with Crippen LogP contribution in [0, 0.1) is 12.3 Å². The smallest absolute Gasteiger partial charge is 0.255 e. The number of rotatable bonds is 2. The zero-order chi connectivity index (χ0) is 11.5. The van der Waals surface area contributed by atoms with Gasteiger partial charge in [0.25, 0.3) is 5.91 Å². The van der Waals surface area contributed by atoms with Crippen LogP contribution in [0.4, 0.5) is 0 Å². The number of nitrogens with one attached hydrogen (secondary N) is 1. The Hall–Kier alpha value is -1.60. The monoisotopic (exact) mass is 223 g/mol. The molecule has 0 aromatic carbocycles. The maximum atomic E-state index is 11.6. The van der Waals surface area contributed by atoms with Gasteiger partial charge in [0.05, 0.1) is 11.1 Å². The molecule has 0 atom stereocenters. The standard InChI is InChI=1S/C10H10ClN3O/c1-4-10(2,3)14-8(15)7-5-12-9(11)13-6-7/h1,5-6H,2-3H3,(H,14,15). The molecule has 0 spiro atoms. The Kier molecular flexibility index (Phi) is 3.28. The summed E-state index contributed by atoms with van der Waals surface area (Å²) >= 11 is 5.49. The van der Waals surface area contributed by atoms with Gasteiger partial charge in [-0.05, 0) is 25.4 Å². The SMILES string of the molecule is C#CC(C)(C)NC(=O)c1cnc(Cl)nc1. The molecule has 4 nitrogen and oxygen atoms in total. The van der Waals surface area contributed by atoms with E-state index in [2.05, 4.69) is 21.2 Å². The second kappa shape index (κ2) is 4.28. The van der Waals surface area contributed by atoms with Gasteiger partial charge in [0.2, 0.25) is 5.28 Å². The molecule has 5 heteroatoms. The summed E-state index contributed by atoms with van der Waals surface area (Å²) in [6, 6.07) is 0. The molecule has 1 N–H and O–H groups in total. The quantitative estimate of drug-likeness (QED) is 0.607. The Balaban J connectivity index is 2.79. The zero-order valence-electron chi connectivity index (χ0n) is 8.41. The van der Waals surface area contributed by atoms with Crippen LogP contribution in [0.25, 0.3) is 0 Å². The lowest BCUT2D eigenvalue weighted by Crippen LogP contribution is -2.42. The molecular weight excluding hydrogens is 214 g/mol. The second-order valence-electron chi connectivity index (χ2n) is 3.46. The minimum Gasteiger partial charge on any atom is -0.336 e. The first-order valence-electron chi connectivity index (χ1n) is 4.22. The first kappa shape index (κ1) is 11.5. The maximum Gasteiger partial charge on any atom is 0.255 e. The first-order chi connectivity index (χ1) is 6.94. The Bertz CT molecular complexity index is 406. The molecule has 0 aliphatic rings. The summed E-state index contributed by atoms with van der Waals surface area (Å²) in [7, 11) is 0. The molecule has 15 heavy (non-hydrogen) atoms. The fourth-order valence-corrected chi connectivity index (χ4v) is 0.919. The lowest BCUT2D eigenvalue weighted by Gasteiger charge is -2.19. The number of halogens is 1. The van der Waals surface area contributed by atoms with Crippen LogP contribution in [0.1, 0.15) is 24.2 Å². The van der Waals surface area contributed by atoms with Crippen molar-refractivity contribution >= 4 is 17.5 Å². The van der Waals surface area contributed by atoms with Crippen LogP contribution in [0.3, 0.4) is 0 Å². The van der Waals surface area contributed by atoms with E-state index in [-0.39, 0.29) is 11.2 Å². The predicted octanol–water partition coefficient (Wildman–Crippen LogP) is 1.27. The summed E-state index contributed by atoms with van der Waals surface area (Å²) < 4.78 is 0. The molecule has 1 heterocycles. The Morgan fingerprint density at radius 3 is 2.53 bits per heavy atom. The number of nitrogens with zero attached hydrogens (tertiary/aromatic N) is 2. The van der Waals surface area contributed by atoms with Gasteiger partial charge >= 0.3 is 0 Å². The third kappa shape index (κ3) is 3.22. The van der Waals surface area contributed by atoms with E-state index in [1.54, 1.807) is 13.8 Å². The van der Waals surface area contributed by atoms with Gasteiger partial charge in [0.15, 0.2) is 0 Å². The van der Waals surface area contributed by atoms with Crippen LogP contribution in [-0.4, -0.2) is 21.4 Å². The normalized spacial score (nSPS) is 10.5. The third-order valence-electron chi connectivity index (χ3n) is 1.67. The van der Waals surface area contributed by atoms with E-state index < -0.39 is 5.54 Å². The lowest BCUT2D eigenvalue weighted by molar-refractivity contribution is 0.0929. The van der Waals surface area contributed by atoms with Gasteiger partial charge in [0, 0.05) is 12.4 Å². The second-order valence-corrected chi connectivity index (χ2v) is 3.80. The molecule has 0 saturated heterocycles. The molecule has 1 rings (SSSR count). The van der Waals surface area contributed by atoms with E-state index in [1.807, 2.05) is 0 Å². The molecule has 78 valence electrons. The summed E-state index contributed by atoms with van der Waals surface area (Å²) in [6.07, 6.45) is 7.93. The number of carbonyl (C=O) groups is 1. The minimum atomic E-state index is -0.698. The van der Waals surface area contributed by atoms with Crippen molar-refractivity contribution in [3.05, 3.63) is 23.2 Å². The highest BCUT2D eigenvalue weighted by molar-refractivity contribution is 6.28. The van der Waals surface area contributed by atoms with Gasteiger partial charge in [-0.25, -0.2) is 9.97 Å². The first-order valence-corrected chi connectivity index (χ1v) is 4.60. The van der Waals surface area contributed by atoms with Crippen LogP contribution in [0.5, 0.6) is 0 Å². The van der Waals surface area contributed by atoms with E-state index >= 15 is 0 Å². The topological polar surface area (TPSA) is 54.9 Å². The van der Waals surface area contributed by atoms with Crippen LogP contribution in [-0.2, 0) is 0 Å². The number of carbonyl (C=O) groups excluding carboxylic acids is 1. The zero-order valence-corrected chi connectivity index (χ0v) is 9.17. The molecular formula is C10H10ClN3O. The average molecular weight is 224 g/mol. The van der Waals surface area contributed by atoms with Crippen molar-refractivity contribution < 1.29 is 4.79 Å². The molecule has 0 radical (unpaired) electrons. The van der Waals surface area contributed by atoms with Crippen LogP contribution in [0.2, 0.25) is 5.28 Å². The molecule has 0 bridgehead atoms. The van der Waals surface area contributed by atoms with Crippen LogP contribution in [0.15, 0.2) is 12.4 Å². The molecule has 0 aliphatic carbocycles. The Morgan fingerprint density at radius 1 is 1.53 bits per heavy atom. The number of hydrogen-bond acceptors (Lipinski definition) is 3. The van der Waals surface area contributed by atoms with Crippen LogP contribution >= 0.6 is 11.6 Å². The largest absolute Gasteiger partial charge is 0.336 e. The van der Waals surface area contributed by atoms with Gasteiger partial charge in [-0.2, -0.15) is 0 Å². The van der Waals surface area contributed by atoms with E-state index in [1.165, 1.54) is 12.4 Å². The fourth-order valence-electron chi connectivity index (χ4n) is 0.822. The van der Waals surface area contributed by atoms with Crippen molar-refractivity contribution in [3.63, 3.8) is 0 Å². The molecule has 1 aromatic rings. The summed E-state index contributed by atoms with van der Waals surface area (Å²) in [4.78, 5) is 19.0. The van der Waals surface area contributed by atoms with Crippen molar-refractivity contribution in [3.8, 4) is 12.3 Å². The van der Waals surface area contributed by atoms with E-state index in [0.717, 1.165) is 0 Å². The lowest BCUT2D eigenvalue weighted by atomic mass is 10.1. The maximum absolute atomic E-state index is 11.6. The van der Waals surface area contributed by atoms with Crippen molar-refractivity contribution in [1.82, 2.24) is 15.3 Å². The Labute approximate surface area is 93.1 Å². The van der Waals surface area contributed by atoms with E-state index in [9.17, 15) is 4.79 Å². The van der Waals surface area contributed by atoms with Crippen LogP contribution < -0.4 is 5.32 Å². The minimum absolute atomic E-state index is 0.0998. The highest BCUT2D eigenvalue weighted by Crippen LogP contribution is 2.04. The van der Waals surface area contributed by atoms with E-state index in [4.69, 9.17) is 18.0 Å². The van der Waals surface area contributed by atoms with Gasteiger partial charge < -0.3 is 5.32 Å². The molecule has 0 saturated carbocycles. The molecule has 0 fully saturated rings. The summed E-state index contributed by atoms with van der Waals surface area (Å²) in [5, 5.41) is 2.74. The molecule has 0 unspecified atom stereocenters. The summed E-state index contributed by atoms with van der Waals surface area (Å²) in [6.45, 7) is 3.45.